The Bertz CT molecular complexity index is 371. The number of hydrogen-bond acceptors (Lipinski definition) is 4. The van der Waals surface area contributed by atoms with E-state index in [1.54, 1.807) is 0 Å². The number of aryl methyl sites for hydroxylation is 2. The van der Waals surface area contributed by atoms with E-state index < -0.39 is 0 Å². The van der Waals surface area contributed by atoms with Crippen LogP contribution in [0.25, 0.3) is 0 Å². The summed E-state index contributed by atoms with van der Waals surface area (Å²) in [6.45, 7) is 8.94. The van der Waals surface area contributed by atoms with Crippen LogP contribution in [-0.4, -0.2) is 24.7 Å². The quantitative estimate of drug-likeness (QED) is 0.833. The van der Waals surface area contributed by atoms with E-state index in [0.717, 1.165) is 26.0 Å². The van der Waals surface area contributed by atoms with Crippen LogP contribution in [-0.2, 0) is 23.1 Å². The highest BCUT2D eigenvalue weighted by Crippen LogP contribution is 2.32. The van der Waals surface area contributed by atoms with Crippen molar-refractivity contribution < 1.29 is 4.74 Å². The summed E-state index contributed by atoms with van der Waals surface area (Å²) in [5.41, 5.74) is 1.21. The fourth-order valence-corrected chi connectivity index (χ4v) is 3.74. The lowest BCUT2D eigenvalue weighted by Gasteiger charge is -2.28. The average Bonchev–Trinajstić information content (AvgIpc) is 2.87. The highest BCUT2D eigenvalue weighted by atomic mass is 32.1. The molecule has 0 amide bonds. The van der Waals surface area contributed by atoms with E-state index in [-0.39, 0.29) is 5.54 Å². The minimum atomic E-state index is -0.131. The summed E-state index contributed by atoms with van der Waals surface area (Å²) in [5, 5.41) is 4.84. The molecule has 1 aromatic heterocycles. The lowest BCUT2D eigenvalue weighted by Crippen LogP contribution is -2.44. The molecule has 1 heterocycles. The standard InChI is InChI=1S/C15H26N2OS/c1-4-10-16-15(3,11-18-5-2)14-17-12-8-6-7-9-13(12)19-14/h16H,4-11H2,1-3H3. The molecule has 0 bridgehead atoms. The van der Waals surface area contributed by atoms with Gasteiger partial charge in [-0.2, -0.15) is 0 Å². The molecular formula is C15H26N2OS. The highest BCUT2D eigenvalue weighted by molar-refractivity contribution is 7.11. The lowest BCUT2D eigenvalue weighted by atomic mass is 10.0. The van der Waals surface area contributed by atoms with E-state index in [9.17, 15) is 0 Å². The van der Waals surface area contributed by atoms with E-state index in [1.807, 2.05) is 18.3 Å². The zero-order valence-electron chi connectivity index (χ0n) is 12.4. The molecule has 4 heteroatoms. The number of rotatable bonds is 7. The van der Waals surface area contributed by atoms with Crippen LogP contribution in [0.4, 0.5) is 0 Å². The van der Waals surface area contributed by atoms with Crippen LogP contribution in [0.2, 0.25) is 0 Å². The second-order valence-electron chi connectivity index (χ2n) is 5.49. The maximum atomic E-state index is 5.69. The first-order chi connectivity index (χ1) is 9.19. The monoisotopic (exact) mass is 282 g/mol. The predicted molar refractivity (Wildman–Crippen MR) is 80.9 cm³/mol. The molecule has 1 unspecified atom stereocenters. The molecule has 108 valence electrons. The molecule has 1 atom stereocenters. The van der Waals surface area contributed by atoms with Gasteiger partial charge in [-0.1, -0.05) is 6.92 Å². The molecule has 0 saturated carbocycles. The molecule has 19 heavy (non-hydrogen) atoms. The lowest BCUT2D eigenvalue weighted by molar-refractivity contribution is 0.0831. The topological polar surface area (TPSA) is 34.1 Å². The summed E-state index contributed by atoms with van der Waals surface area (Å²) in [5.74, 6) is 0. The predicted octanol–water partition coefficient (Wildman–Crippen LogP) is 3.27. The van der Waals surface area contributed by atoms with Crippen LogP contribution < -0.4 is 5.32 Å². The van der Waals surface area contributed by atoms with Gasteiger partial charge in [0.1, 0.15) is 5.01 Å². The third-order valence-electron chi connectivity index (χ3n) is 3.68. The van der Waals surface area contributed by atoms with Crippen molar-refractivity contribution in [1.29, 1.82) is 0 Å². The van der Waals surface area contributed by atoms with Crippen LogP contribution in [0, 0.1) is 0 Å². The number of thiazole rings is 1. The van der Waals surface area contributed by atoms with Gasteiger partial charge in [0.25, 0.3) is 0 Å². The fraction of sp³-hybridized carbons (Fsp3) is 0.800. The van der Waals surface area contributed by atoms with Gasteiger partial charge >= 0.3 is 0 Å². The second kappa shape index (κ2) is 6.82. The molecule has 0 aromatic carbocycles. The number of aromatic nitrogens is 1. The maximum absolute atomic E-state index is 5.69. The third-order valence-corrected chi connectivity index (χ3v) is 5.10. The Morgan fingerprint density at radius 1 is 1.32 bits per heavy atom. The van der Waals surface area contributed by atoms with Crippen molar-refractivity contribution in [2.75, 3.05) is 19.8 Å². The molecule has 2 rings (SSSR count). The largest absolute Gasteiger partial charge is 0.379 e. The third kappa shape index (κ3) is 3.56. The molecule has 1 aliphatic carbocycles. The second-order valence-corrected chi connectivity index (χ2v) is 6.58. The van der Waals surface area contributed by atoms with Gasteiger partial charge in [-0.3, -0.25) is 0 Å². The van der Waals surface area contributed by atoms with Crippen LogP contribution in [0.3, 0.4) is 0 Å². The Morgan fingerprint density at radius 3 is 2.79 bits per heavy atom. The van der Waals surface area contributed by atoms with Crippen molar-refractivity contribution in [1.82, 2.24) is 10.3 Å². The fourth-order valence-electron chi connectivity index (χ4n) is 2.48. The van der Waals surface area contributed by atoms with Crippen molar-refractivity contribution in [2.45, 2.75) is 58.4 Å². The van der Waals surface area contributed by atoms with Crippen LogP contribution >= 0.6 is 11.3 Å². The van der Waals surface area contributed by atoms with E-state index in [0.29, 0.717) is 6.61 Å². The first-order valence-electron chi connectivity index (χ1n) is 7.51. The average molecular weight is 282 g/mol. The zero-order chi connectivity index (χ0) is 13.7. The summed E-state index contributed by atoms with van der Waals surface area (Å²) in [6, 6.07) is 0. The summed E-state index contributed by atoms with van der Waals surface area (Å²) in [4.78, 5) is 6.41. The smallest absolute Gasteiger partial charge is 0.115 e. The van der Waals surface area contributed by atoms with E-state index in [4.69, 9.17) is 9.72 Å². The summed E-state index contributed by atoms with van der Waals surface area (Å²) >= 11 is 1.89. The number of ether oxygens (including phenoxy) is 1. The molecule has 0 saturated heterocycles. The molecule has 1 aliphatic rings. The van der Waals surface area contributed by atoms with Gasteiger partial charge in [0.05, 0.1) is 17.8 Å². The number of nitrogens with one attached hydrogen (secondary N) is 1. The molecule has 1 aromatic rings. The Kier molecular flexibility index (Phi) is 5.37. The van der Waals surface area contributed by atoms with Crippen molar-refractivity contribution in [2.24, 2.45) is 0 Å². The summed E-state index contributed by atoms with van der Waals surface area (Å²) in [7, 11) is 0. The van der Waals surface area contributed by atoms with Crippen molar-refractivity contribution in [3.8, 4) is 0 Å². The van der Waals surface area contributed by atoms with E-state index in [1.165, 1.54) is 34.8 Å². The number of nitrogens with zero attached hydrogens (tertiary/aromatic N) is 1. The zero-order valence-corrected chi connectivity index (χ0v) is 13.2. The van der Waals surface area contributed by atoms with Crippen molar-refractivity contribution in [3.05, 3.63) is 15.6 Å². The van der Waals surface area contributed by atoms with Gasteiger partial charge in [0.15, 0.2) is 0 Å². The maximum Gasteiger partial charge on any atom is 0.115 e. The van der Waals surface area contributed by atoms with Crippen molar-refractivity contribution >= 4 is 11.3 Å². The molecule has 0 aliphatic heterocycles. The minimum absolute atomic E-state index is 0.131. The van der Waals surface area contributed by atoms with E-state index >= 15 is 0 Å². The summed E-state index contributed by atoms with van der Waals surface area (Å²) < 4.78 is 5.69. The Labute approximate surface area is 120 Å². The first-order valence-corrected chi connectivity index (χ1v) is 8.33. The molecule has 0 radical (unpaired) electrons. The summed E-state index contributed by atoms with van der Waals surface area (Å²) in [6.07, 6.45) is 6.11. The van der Waals surface area contributed by atoms with Gasteiger partial charge in [0, 0.05) is 11.5 Å². The normalized spacial score (nSPS) is 18.1. The van der Waals surface area contributed by atoms with Gasteiger partial charge in [-0.05, 0) is 52.5 Å². The SMILES string of the molecule is CCCNC(C)(COCC)c1nc2c(s1)CCCC2. The Balaban J connectivity index is 2.18. The number of fused-ring (bicyclic) bond motifs is 1. The number of hydrogen-bond donors (Lipinski definition) is 1. The van der Waals surface area contributed by atoms with Gasteiger partial charge in [-0.25, -0.2) is 4.98 Å². The van der Waals surface area contributed by atoms with Crippen molar-refractivity contribution in [3.63, 3.8) is 0 Å². The molecule has 0 spiro atoms. The molecule has 0 fully saturated rings. The van der Waals surface area contributed by atoms with Crippen LogP contribution in [0.1, 0.15) is 55.6 Å². The van der Waals surface area contributed by atoms with Gasteiger partial charge < -0.3 is 10.1 Å². The highest BCUT2D eigenvalue weighted by Gasteiger charge is 2.31. The van der Waals surface area contributed by atoms with Crippen LogP contribution in [0.5, 0.6) is 0 Å². The molecular weight excluding hydrogens is 256 g/mol. The van der Waals surface area contributed by atoms with Gasteiger partial charge in [0.2, 0.25) is 0 Å². The minimum Gasteiger partial charge on any atom is -0.379 e. The Hall–Kier alpha value is -0.450. The Morgan fingerprint density at radius 2 is 2.11 bits per heavy atom. The first kappa shape index (κ1) is 14.9. The van der Waals surface area contributed by atoms with Gasteiger partial charge in [-0.15, -0.1) is 11.3 Å². The van der Waals surface area contributed by atoms with Crippen LogP contribution in [0.15, 0.2) is 0 Å². The molecule has 3 nitrogen and oxygen atoms in total. The molecule has 1 N–H and O–H groups in total. The van der Waals surface area contributed by atoms with E-state index in [2.05, 4.69) is 19.2 Å².